The number of rotatable bonds is 6. The molecule has 0 radical (unpaired) electrons. The number of tetrazole rings is 1. The van der Waals surface area contributed by atoms with Crippen molar-refractivity contribution in [3.05, 3.63) is 48.2 Å². The van der Waals surface area contributed by atoms with E-state index >= 15 is 0 Å². The monoisotopic (exact) mass is 322 g/mol. The molecule has 0 atom stereocenters. The fourth-order valence-corrected chi connectivity index (χ4v) is 2.55. The summed E-state index contributed by atoms with van der Waals surface area (Å²) >= 11 is 0. The highest BCUT2D eigenvalue weighted by Crippen LogP contribution is 2.36. The molecule has 4 rings (SSSR count). The van der Waals surface area contributed by atoms with Crippen LogP contribution in [-0.2, 0) is 6.54 Å². The second-order valence-corrected chi connectivity index (χ2v) is 5.78. The van der Waals surface area contributed by atoms with Crippen LogP contribution in [0.25, 0.3) is 11.4 Å². The van der Waals surface area contributed by atoms with Crippen LogP contribution in [0.5, 0.6) is 5.88 Å². The van der Waals surface area contributed by atoms with Crippen molar-refractivity contribution in [1.82, 2.24) is 25.2 Å². The first kappa shape index (κ1) is 14.6. The first-order chi connectivity index (χ1) is 11.8. The second kappa shape index (κ2) is 6.27. The highest BCUT2D eigenvalue weighted by Gasteiger charge is 2.28. The Morgan fingerprint density at radius 3 is 2.75 bits per heavy atom. The van der Waals surface area contributed by atoms with E-state index in [1.165, 1.54) is 0 Å². The van der Waals surface area contributed by atoms with Crippen LogP contribution in [-0.4, -0.2) is 32.3 Å². The van der Waals surface area contributed by atoms with Gasteiger partial charge in [-0.1, -0.05) is 6.07 Å². The Labute approximate surface area is 139 Å². The average molecular weight is 322 g/mol. The van der Waals surface area contributed by atoms with E-state index in [9.17, 15) is 0 Å². The Balaban J connectivity index is 1.44. The van der Waals surface area contributed by atoms with Gasteiger partial charge in [-0.05, 0) is 53.6 Å². The number of hydrogen-bond donors (Lipinski definition) is 1. The summed E-state index contributed by atoms with van der Waals surface area (Å²) in [5, 5.41) is 15.4. The number of nitrogens with one attached hydrogen (secondary N) is 1. The molecule has 7 nitrogen and oxygen atoms in total. The van der Waals surface area contributed by atoms with Gasteiger partial charge < -0.3 is 10.1 Å². The maximum Gasteiger partial charge on any atom is 0.213 e. The predicted octanol–water partition coefficient (Wildman–Crippen LogP) is 2.69. The van der Waals surface area contributed by atoms with Gasteiger partial charge in [-0.2, -0.15) is 0 Å². The third kappa shape index (κ3) is 3.05. The summed E-state index contributed by atoms with van der Waals surface area (Å²) in [5.41, 5.74) is 2.97. The van der Waals surface area contributed by atoms with Crippen LogP contribution < -0.4 is 10.1 Å². The van der Waals surface area contributed by atoms with E-state index in [0.717, 1.165) is 35.6 Å². The molecule has 2 heterocycles. The summed E-state index contributed by atoms with van der Waals surface area (Å²) in [7, 11) is 1.62. The molecular formula is C17H18N6O. The fourth-order valence-electron chi connectivity index (χ4n) is 2.55. The van der Waals surface area contributed by atoms with Gasteiger partial charge in [0.25, 0.3) is 0 Å². The molecule has 24 heavy (non-hydrogen) atoms. The van der Waals surface area contributed by atoms with Crippen molar-refractivity contribution in [3.63, 3.8) is 0 Å². The van der Waals surface area contributed by atoms with E-state index in [1.807, 2.05) is 47.1 Å². The van der Waals surface area contributed by atoms with E-state index in [2.05, 4.69) is 25.8 Å². The largest absolute Gasteiger partial charge is 0.481 e. The Bertz CT molecular complexity index is 825. The van der Waals surface area contributed by atoms with Gasteiger partial charge in [-0.3, -0.25) is 0 Å². The second-order valence-electron chi connectivity index (χ2n) is 5.78. The summed E-state index contributed by atoms with van der Waals surface area (Å²) in [6.07, 6.45) is 2.32. The minimum atomic E-state index is 0.465. The first-order valence-electron chi connectivity index (χ1n) is 7.95. The number of anilines is 1. The van der Waals surface area contributed by atoms with Crippen molar-refractivity contribution in [3.8, 4) is 17.3 Å². The molecule has 2 aromatic heterocycles. The quantitative estimate of drug-likeness (QED) is 0.752. The molecule has 0 bridgehead atoms. The maximum absolute atomic E-state index is 5.14. The SMILES string of the molecule is COc1cccc(CNc2ccc(-c3nnnn3C3CC3)cc2)n1. The molecule has 0 unspecified atom stereocenters. The highest BCUT2D eigenvalue weighted by atomic mass is 16.5. The van der Waals surface area contributed by atoms with E-state index in [0.29, 0.717) is 18.5 Å². The van der Waals surface area contributed by atoms with Crippen LogP contribution in [0, 0.1) is 0 Å². The van der Waals surface area contributed by atoms with Gasteiger partial charge in [0.2, 0.25) is 5.88 Å². The van der Waals surface area contributed by atoms with Gasteiger partial charge in [-0.25, -0.2) is 9.67 Å². The summed E-state index contributed by atoms with van der Waals surface area (Å²) in [5.74, 6) is 1.45. The van der Waals surface area contributed by atoms with Crippen LogP contribution in [0.2, 0.25) is 0 Å². The van der Waals surface area contributed by atoms with Gasteiger partial charge in [0.1, 0.15) is 0 Å². The van der Waals surface area contributed by atoms with Crippen LogP contribution in [0.3, 0.4) is 0 Å². The number of hydrogen-bond acceptors (Lipinski definition) is 6. The predicted molar refractivity (Wildman–Crippen MR) is 89.6 cm³/mol. The van der Waals surface area contributed by atoms with Crippen LogP contribution in [0.4, 0.5) is 5.69 Å². The number of methoxy groups -OCH3 is 1. The molecule has 1 aromatic carbocycles. The molecule has 0 amide bonds. The lowest BCUT2D eigenvalue weighted by Crippen LogP contribution is -2.03. The molecule has 7 heteroatoms. The van der Waals surface area contributed by atoms with Gasteiger partial charge in [0.15, 0.2) is 5.82 Å². The lowest BCUT2D eigenvalue weighted by Gasteiger charge is -2.08. The van der Waals surface area contributed by atoms with Crippen molar-refractivity contribution in [2.75, 3.05) is 12.4 Å². The number of aromatic nitrogens is 5. The minimum absolute atomic E-state index is 0.465. The molecule has 122 valence electrons. The zero-order valence-electron chi connectivity index (χ0n) is 13.4. The van der Waals surface area contributed by atoms with Gasteiger partial charge in [-0.15, -0.1) is 5.10 Å². The third-order valence-electron chi connectivity index (χ3n) is 3.99. The molecule has 1 N–H and O–H groups in total. The Morgan fingerprint density at radius 2 is 2.00 bits per heavy atom. The molecule has 0 saturated heterocycles. The van der Waals surface area contributed by atoms with Crippen molar-refractivity contribution < 1.29 is 4.74 Å². The fraction of sp³-hybridized carbons (Fsp3) is 0.294. The van der Waals surface area contributed by atoms with E-state index in [-0.39, 0.29) is 0 Å². The van der Waals surface area contributed by atoms with Gasteiger partial charge in [0.05, 0.1) is 25.4 Å². The minimum Gasteiger partial charge on any atom is -0.481 e. The topological polar surface area (TPSA) is 77.8 Å². The van der Waals surface area contributed by atoms with E-state index in [4.69, 9.17) is 4.74 Å². The summed E-state index contributed by atoms with van der Waals surface area (Å²) < 4.78 is 7.06. The smallest absolute Gasteiger partial charge is 0.213 e. The molecule has 1 aliphatic rings. The molecule has 1 saturated carbocycles. The molecule has 1 fully saturated rings. The number of pyridine rings is 1. The lowest BCUT2D eigenvalue weighted by atomic mass is 10.2. The Kier molecular flexibility index (Phi) is 3.82. The third-order valence-corrected chi connectivity index (χ3v) is 3.99. The van der Waals surface area contributed by atoms with Crippen LogP contribution >= 0.6 is 0 Å². The summed E-state index contributed by atoms with van der Waals surface area (Å²) in [6.45, 7) is 0.635. The molecular weight excluding hydrogens is 304 g/mol. The Morgan fingerprint density at radius 1 is 1.17 bits per heavy atom. The summed E-state index contributed by atoms with van der Waals surface area (Å²) in [4.78, 5) is 4.39. The lowest BCUT2D eigenvalue weighted by molar-refractivity contribution is 0.396. The van der Waals surface area contributed by atoms with Crippen molar-refractivity contribution in [2.24, 2.45) is 0 Å². The van der Waals surface area contributed by atoms with E-state index in [1.54, 1.807) is 7.11 Å². The highest BCUT2D eigenvalue weighted by molar-refractivity contribution is 5.59. The number of benzene rings is 1. The van der Waals surface area contributed by atoms with Crippen molar-refractivity contribution >= 4 is 5.69 Å². The van der Waals surface area contributed by atoms with E-state index < -0.39 is 0 Å². The molecule has 3 aromatic rings. The Hall–Kier alpha value is -2.96. The molecule has 0 aliphatic heterocycles. The first-order valence-corrected chi connectivity index (χ1v) is 7.95. The summed E-state index contributed by atoms with van der Waals surface area (Å²) in [6, 6.07) is 14.3. The van der Waals surface area contributed by atoms with Crippen molar-refractivity contribution in [1.29, 1.82) is 0 Å². The maximum atomic E-state index is 5.14. The number of ether oxygens (including phenoxy) is 1. The van der Waals surface area contributed by atoms with Crippen LogP contribution in [0.15, 0.2) is 42.5 Å². The standard InChI is InChI=1S/C17H18N6O/c1-24-16-4-2-3-14(19-16)11-18-13-7-5-12(6-8-13)17-20-21-22-23(17)15-9-10-15/h2-8,15,18H,9-11H2,1H3. The zero-order valence-corrected chi connectivity index (χ0v) is 13.4. The van der Waals surface area contributed by atoms with Crippen molar-refractivity contribution in [2.45, 2.75) is 25.4 Å². The molecule has 1 aliphatic carbocycles. The average Bonchev–Trinajstić information content (AvgIpc) is 3.37. The molecule has 0 spiro atoms. The van der Waals surface area contributed by atoms with Gasteiger partial charge >= 0.3 is 0 Å². The zero-order chi connectivity index (χ0) is 16.4. The van der Waals surface area contributed by atoms with Gasteiger partial charge in [0, 0.05) is 17.3 Å². The number of nitrogens with zero attached hydrogens (tertiary/aromatic N) is 5. The van der Waals surface area contributed by atoms with Crippen LogP contribution in [0.1, 0.15) is 24.6 Å². The normalized spacial score (nSPS) is 13.7.